The molecule has 1 aromatic carbocycles. The Kier molecular flexibility index (Phi) is 7.75. The summed E-state index contributed by atoms with van der Waals surface area (Å²) in [6, 6.07) is 10.4. The molecule has 0 N–H and O–H groups in total. The molecule has 1 aliphatic carbocycles. The maximum absolute atomic E-state index is 11.8. The van der Waals surface area contributed by atoms with Crippen LogP contribution in [-0.4, -0.2) is 34.6 Å². The van der Waals surface area contributed by atoms with E-state index in [1.54, 1.807) is 0 Å². The highest BCUT2D eigenvalue weighted by atomic mass is 79.9. The van der Waals surface area contributed by atoms with Crippen molar-refractivity contribution in [2.75, 3.05) is 13.2 Å². The van der Waals surface area contributed by atoms with E-state index in [0.717, 1.165) is 42.5 Å². The van der Waals surface area contributed by atoms with Crippen LogP contribution in [0, 0.1) is 18.8 Å². The molecule has 0 aliphatic heterocycles. The normalized spacial score (nSPS) is 19.6. The SMILES string of the molecule is Cc1nn(C[C@H]2CC[C@@H](COCC(=O)OC(C)(C)C)CC2)c(Br)c1-c1ccccc1. The largest absolute Gasteiger partial charge is 0.458 e. The Hall–Kier alpha value is -1.66. The lowest BCUT2D eigenvalue weighted by atomic mass is 9.82. The van der Waals surface area contributed by atoms with Gasteiger partial charge in [0.15, 0.2) is 0 Å². The smallest absolute Gasteiger partial charge is 0.332 e. The van der Waals surface area contributed by atoms with E-state index in [1.807, 2.05) is 26.8 Å². The minimum absolute atomic E-state index is 0.0406. The lowest BCUT2D eigenvalue weighted by Gasteiger charge is -2.28. The van der Waals surface area contributed by atoms with Gasteiger partial charge >= 0.3 is 5.97 Å². The number of carbonyl (C=O) groups excluding carboxylic acids is 1. The second-order valence-electron chi connectivity index (χ2n) is 9.29. The summed E-state index contributed by atoms with van der Waals surface area (Å²) in [6.45, 7) is 9.28. The zero-order valence-corrected chi connectivity index (χ0v) is 20.1. The van der Waals surface area contributed by atoms with Crippen molar-refractivity contribution in [1.29, 1.82) is 0 Å². The number of hydrogen-bond donors (Lipinski definition) is 0. The fraction of sp³-hybridized carbons (Fsp3) is 0.583. The van der Waals surface area contributed by atoms with Crippen LogP contribution in [0.2, 0.25) is 0 Å². The first-order chi connectivity index (χ1) is 14.2. The monoisotopic (exact) mass is 476 g/mol. The predicted molar refractivity (Wildman–Crippen MR) is 122 cm³/mol. The molecule has 0 unspecified atom stereocenters. The second-order valence-corrected chi connectivity index (χ2v) is 10.0. The van der Waals surface area contributed by atoms with E-state index in [2.05, 4.69) is 51.8 Å². The van der Waals surface area contributed by atoms with Gasteiger partial charge in [0.1, 0.15) is 16.8 Å². The Labute approximate surface area is 188 Å². The van der Waals surface area contributed by atoms with Crippen LogP contribution in [0.4, 0.5) is 0 Å². The maximum Gasteiger partial charge on any atom is 0.332 e. The standard InChI is InChI=1S/C24H33BrN2O3/c1-17-22(20-8-6-5-7-9-20)23(25)27(26-17)14-18-10-12-19(13-11-18)15-29-16-21(28)30-24(2,3)4/h5-9,18-19H,10-16H2,1-4H3/t18-,19+. The number of hydrogen-bond acceptors (Lipinski definition) is 4. The van der Waals surface area contributed by atoms with Crippen LogP contribution in [0.15, 0.2) is 34.9 Å². The second kappa shape index (κ2) is 10.1. The summed E-state index contributed by atoms with van der Waals surface area (Å²) >= 11 is 3.78. The Morgan fingerprint density at radius 2 is 1.77 bits per heavy atom. The van der Waals surface area contributed by atoms with Crippen molar-refractivity contribution in [1.82, 2.24) is 9.78 Å². The van der Waals surface area contributed by atoms with E-state index in [0.29, 0.717) is 18.4 Å². The molecule has 0 spiro atoms. The number of aryl methyl sites for hydroxylation is 1. The van der Waals surface area contributed by atoms with E-state index >= 15 is 0 Å². The summed E-state index contributed by atoms with van der Waals surface area (Å²) in [5.41, 5.74) is 2.97. The number of esters is 1. The Morgan fingerprint density at radius 3 is 2.40 bits per heavy atom. The molecule has 164 valence electrons. The van der Waals surface area contributed by atoms with E-state index in [9.17, 15) is 4.79 Å². The number of rotatable bonds is 7. The van der Waals surface area contributed by atoms with Gasteiger partial charge in [-0.1, -0.05) is 30.3 Å². The molecule has 0 atom stereocenters. The van der Waals surface area contributed by atoms with Crippen LogP contribution >= 0.6 is 15.9 Å². The fourth-order valence-electron chi connectivity index (χ4n) is 4.11. The number of ether oxygens (including phenoxy) is 2. The van der Waals surface area contributed by atoms with Gasteiger partial charge < -0.3 is 9.47 Å². The molecule has 0 amide bonds. The molecular formula is C24H33BrN2O3. The fourth-order valence-corrected chi connectivity index (χ4v) is 4.85. The average molecular weight is 477 g/mol. The van der Waals surface area contributed by atoms with Crippen molar-refractivity contribution < 1.29 is 14.3 Å². The number of halogens is 1. The summed E-state index contributed by atoms with van der Waals surface area (Å²) in [5.74, 6) is 0.849. The number of nitrogens with zero attached hydrogens (tertiary/aromatic N) is 2. The molecule has 1 saturated carbocycles. The van der Waals surface area contributed by atoms with Crippen LogP contribution in [0.1, 0.15) is 52.1 Å². The minimum Gasteiger partial charge on any atom is -0.458 e. The van der Waals surface area contributed by atoms with Crippen LogP contribution in [0.5, 0.6) is 0 Å². The predicted octanol–water partition coefficient (Wildman–Crippen LogP) is 5.79. The van der Waals surface area contributed by atoms with Gasteiger partial charge in [0.05, 0.1) is 12.3 Å². The van der Waals surface area contributed by atoms with Crippen molar-refractivity contribution in [3.8, 4) is 11.1 Å². The van der Waals surface area contributed by atoms with Gasteiger partial charge in [-0.05, 0) is 86.7 Å². The highest BCUT2D eigenvalue weighted by Crippen LogP contribution is 2.34. The third-order valence-corrected chi connectivity index (χ3v) is 6.32. The summed E-state index contributed by atoms with van der Waals surface area (Å²) in [4.78, 5) is 11.8. The first-order valence-corrected chi connectivity index (χ1v) is 11.6. The van der Waals surface area contributed by atoms with E-state index < -0.39 is 5.60 Å². The van der Waals surface area contributed by atoms with Gasteiger partial charge in [0.2, 0.25) is 0 Å². The summed E-state index contributed by atoms with van der Waals surface area (Å²) < 4.78 is 14.1. The van der Waals surface area contributed by atoms with Gasteiger partial charge in [-0.3, -0.25) is 4.68 Å². The van der Waals surface area contributed by atoms with Gasteiger partial charge in [0, 0.05) is 12.1 Å². The molecular weight excluding hydrogens is 444 g/mol. The van der Waals surface area contributed by atoms with E-state index in [-0.39, 0.29) is 12.6 Å². The van der Waals surface area contributed by atoms with E-state index in [4.69, 9.17) is 14.6 Å². The maximum atomic E-state index is 11.8. The molecule has 1 aliphatic rings. The first-order valence-electron chi connectivity index (χ1n) is 10.8. The zero-order chi connectivity index (χ0) is 21.7. The molecule has 0 saturated heterocycles. The van der Waals surface area contributed by atoms with Crippen molar-refractivity contribution in [3.63, 3.8) is 0 Å². The Balaban J connectivity index is 1.46. The molecule has 30 heavy (non-hydrogen) atoms. The first kappa shape index (κ1) is 23.0. The van der Waals surface area contributed by atoms with Crippen LogP contribution < -0.4 is 0 Å². The van der Waals surface area contributed by atoms with Crippen LogP contribution in [-0.2, 0) is 20.8 Å². The third kappa shape index (κ3) is 6.42. The van der Waals surface area contributed by atoms with Crippen molar-refractivity contribution in [2.45, 2.75) is 65.5 Å². The molecule has 2 aromatic rings. The summed E-state index contributed by atoms with van der Waals surface area (Å²) in [6.07, 6.45) is 4.57. The lowest BCUT2D eigenvalue weighted by Crippen LogP contribution is -2.28. The summed E-state index contributed by atoms with van der Waals surface area (Å²) in [5, 5.41) is 4.79. The average Bonchev–Trinajstić information content (AvgIpc) is 2.95. The van der Waals surface area contributed by atoms with Crippen LogP contribution in [0.25, 0.3) is 11.1 Å². The Morgan fingerprint density at radius 1 is 1.13 bits per heavy atom. The topological polar surface area (TPSA) is 53.4 Å². The molecule has 0 bridgehead atoms. The van der Waals surface area contributed by atoms with Crippen molar-refractivity contribution in [3.05, 3.63) is 40.6 Å². The number of benzene rings is 1. The van der Waals surface area contributed by atoms with Gasteiger partial charge in [-0.2, -0.15) is 5.10 Å². The summed E-state index contributed by atoms with van der Waals surface area (Å²) in [7, 11) is 0. The van der Waals surface area contributed by atoms with Crippen LogP contribution in [0.3, 0.4) is 0 Å². The number of aromatic nitrogens is 2. The zero-order valence-electron chi connectivity index (χ0n) is 18.5. The van der Waals surface area contributed by atoms with Crippen molar-refractivity contribution >= 4 is 21.9 Å². The lowest BCUT2D eigenvalue weighted by molar-refractivity contribution is -0.160. The minimum atomic E-state index is -0.460. The Bertz CT molecular complexity index is 834. The third-order valence-electron chi connectivity index (χ3n) is 5.52. The molecule has 3 rings (SSSR count). The quantitative estimate of drug-likeness (QED) is 0.474. The molecule has 1 fully saturated rings. The van der Waals surface area contributed by atoms with E-state index in [1.165, 1.54) is 11.1 Å². The highest BCUT2D eigenvalue weighted by Gasteiger charge is 2.24. The highest BCUT2D eigenvalue weighted by molar-refractivity contribution is 9.10. The number of carbonyl (C=O) groups is 1. The molecule has 6 heteroatoms. The molecule has 5 nitrogen and oxygen atoms in total. The molecule has 1 aromatic heterocycles. The molecule has 1 heterocycles. The van der Waals surface area contributed by atoms with Gasteiger partial charge in [-0.15, -0.1) is 0 Å². The molecule has 0 radical (unpaired) electrons. The van der Waals surface area contributed by atoms with Gasteiger partial charge in [0.25, 0.3) is 0 Å². The van der Waals surface area contributed by atoms with Crippen molar-refractivity contribution in [2.24, 2.45) is 11.8 Å². The van der Waals surface area contributed by atoms with Gasteiger partial charge in [-0.25, -0.2) is 4.79 Å².